The average molecular weight is 224 g/mol. The van der Waals surface area contributed by atoms with Crippen LogP contribution < -0.4 is 0 Å². The van der Waals surface area contributed by atoms with E-state index in [1.165, 1.54) is 0 Å². The van der Waals surface area contributed by atoms with Gasteiger partial charge in [-0.15, -0.1) is 0 Å². The quantitative estimate of drug-likeness (QED) is 0.411. The van der Waals surface area contributed by atoms with E-state index in [0.717, 1.165) is 6.08 Å². The van der Waals surface area contributed by atoms with Crippen LogP contribution in [0.1, 0.15) is 0 Å². The van der Waals surface area contributed by atoms with Crippen molar-refractivity contribution in [1.82, 2.24) is 0 Å². The van der Waals surface area contributed by atoms with E-state index in [1.54, 1.807) is 0 Å². The van der Waals surface area contributed by atoms with Crippen molar-refractivity contribution in [3.8, 4) is 0 Å². The van der Waals surface area contributed by atoms with E-state index in [-0.39, 0.29) is 0 Å². The van der Waals surface area contributed by atoms with Crippen LogP contribution in [-0.2, 0) is 4.79 Å². The van der Waals surface area contributed by atoms with Crippen LogP contribution in [0.3, 0.4) is 0 Å². The lowest BCUT2D eigenvalue weighted by atomic mass is 10.2. The summed E-state index contributed by atoms with van der Waals surface area (Å²) in [5.74, 6) is 0. The fourth-order valence-corrected chi connectivity index (χ4v) is 0.733. The number of isocyanates is 1. The van der Waals surface area contributed by atoms with E-state index < -0.39 is 22.5 Å². The number of halogens is 4. The molecule has 0 N–H and O–H groups in total. The van der Waals surface area contributed by atoms with Crippen LogP contribution in [0, 0.1) is 0 Å². The second kappa shape index (κ2) is 4.79. The fourth-order valence-electron chi connectivity index (χ4n) is 0.571. The summed E-state index contributed by atoms with van der Waals surface area (Å²) in [6.45, 7) is 6.01. The van der Waals surface area contributed by atoms with Gasteiger partial charge in [-0.2, -0.15) is 18.2 Å². The number of hydrogen-bond acceptors (Lipinski definition) is 2. The molecule has 0 bridgehead atoms. The van der Waals surface area contributed by atoms with E-state index in [1.807, 2.05) is 0 Å². The van der Waals surface area contributed by atoms with Crippen molar-refractivity contribution < 1.29 is 18.0 Å². The van der Waals surface area contributed by atoms with Crippen molar-refractivity contribution in [3.05, 3.63) is 35.5 Å². The third kappa shape index (κ3) is 4.07. The van der Waals surface area contributed by atoms with Gasteiger partial charge >= 0.3 is 6.18 Å². The Morgan fingerprint density at radius 2 is 1.93 bits per heavy atom. The third-order valence-electron chi connectivity index (χ3n) is 1.10. The maximum atomic E-state index is 12.2. The first-order valence-electron chi connectivity index (χ1n) is 3.19. The molecular weight excluding hydrogens is 219 g/mol. The van der Waals surface area contributed by atoms with E-state index in [0.29, 0.717) is 6.08 Å². The molecule has 0 rings (SSSR count). The predicted octanol–water partition coefficient (Wildman–Crippen LogP) is 3.08. The number of hydrogen-bond donors (Lipinski definition) is 0. The minimum absolute atomic E-state index is 0.394. The first kappa shape index (κ1) is 12.7. The summed E-state index contributed by atoms with van der Waals surface area (Å²) in [6.07, 6.45) is -3.08. The van der Waals surface area contributed by atoms with Crippen LogP contribution in [0.25, 0.3) is 0 Å². The molecule has 0 saturated carbocycles. The Morgan fingerprint density at radius 1 is 1.43 bits per heavy atom. The molecule has 2 nitrogen and oxygen atoms in total. The summed E-state index contributed by atoms with van der Waals surface area (Å²) in [5.41, 5.74) is -1.59. The minimum Gasteiger partial charge on any atom is -0.211 e. The van der Waals surface area contributed by atoms with Crippen LogP contribution in [0.5, 0.6) is 0 Å². The molecule has 0 aliphatic rings. The Kier molecular flexibility index (Phi) is 4.34. The third-order valence-corrected chi connectivity index (χ3v) is 1.30. The van der Waals surface area contributed by atoms with Gasteiger partial charge in [-0.3, -0.25) is 0 Å². The number of allylic oxidation sites excluding steroid dienone is 3. The van der Waals surface area contributed by atoms with Gasteiger partial charge in [0.25, 0.3) is 0 Å². The molecule has 76 valence electrons. The molecule has 0 heterocycles. The molecule has 14 heavy (non-hydrogen) atoms. The molecule has 0 aromatic rings. The molecule has 0 fully saturated rings. The first-order chi connectivity index (χ1) is 6.29. The number of alkyl halides is 3. The number of carbonyl (C=O) groups excluding carboxylic acids is 1. The van der Waals surface area contributed by atoms with Crippen molar-refractivity contribution in [3.63, 3.8) is 0 Å². The van der Waals surface area contributed by atoms with Crippen LogP contribution in [0.2, 0.25) is 0 Å². The second-order valence-corrected chi connectivity index (χ2v) is 2.61. The molecule has 0 amide bonds. The van der Waals surface area contributed by atoms with E-state index in [2.05, 4.69) is 18.2 Å². The van der Waals surface area contributed by atoms with E-state index >= 15 is 0 Å². The lowest BCUT2D eigenvalue weighted by Gasteiger charge is -2.09. The van der Waals surface area contributed by atoms with Crippen molar-refractivity contribution in [2.45, 2.75) is 6.18 Å². The Morgan fingerprint density at radius 3 is 2.21 bits per heavy atom. The van der Waals surface area contributed by atoms with Crippen LogP contribution >= 0.6 is 11.6 Å². The minimum atomic E-state index is -4.65. The number of aliphatic imine (C=N–C) groups is 1. The average Bonchev–Trinajstić information content (AvgIpc) is 1.98. The van der Waals surface area contributed by atoms with Crippen molar-refractivity contribution in [1.29, 1.82) is 0 Å². The monoisotopic (exact) mass is 223 g/mol. The highest BCUT2D eigenvalue weighted by Gasteiger charge is 2.34. The van der Waals surface area contributed by atoms with Gasteiger partial charge in [-0.25, -0.2) is 4.79 Å². The van der Waals surface area contributed by atoms with Gasteiger partial charge in [0.05, 0.1) is 11.3 Å². The highest BCUT2D eigenvalue weighted by Crippen LogP contribution is 2.32. The summed E-state index contributed by atoms with van der Waals surface area (Å²) in [4.78, 5) is 12.6. The highest BCUT2D eigenvalue weighted by molar-refractivity contribution is 6.31. The number of rotatable bonds is 3. The normalized spacial score (nSPS) is 11.9. The highest BCUT2D eigenvalue weighted by atomic mass is 35.5. The van der Waals surface area contributed by atoms with E-state index in [9.17, 15) is 18.0 Å². The van der Waals surface area contributed by atoms with Gasteiger partial charge in [0.15, 0.2) is 0 Å². The molecule has 0 radical (unpaired) electrons. The topological polar surface area (TPSA) is 29.4 Å². The Hall–Kier alpha value is -1.32. The second-order valence-electron chi connectivity index (χ2n) is 2.16. The summed E-state index contributed by atoms with van der Waals surface area (Å²) in [6, 6.07) is 0. The fraction of sp³-hybridized carbons (Fsp3) is 0.125. The zero-order chi connectivity index (χ0) is 11.4. The molecule has 0 saturated heterocycles. The zero-order valence-corrected chi connectivity index (χ0v) is 7.61. The van der Waals surface area contributed by atoms with Gasteiger partial charge in [-0.1, -0.05) is 24.8 Å². The molecule has 0 aliphatic heterocycles. The standard InChI is InChI=1S/C8H5ClF3NO/c1-5(13-4-14)3-7(6(2)9)8(10,11)12/h3H,1-2H2/b7-3+. The number of nitrogens with zero attached hydrogens (tertiary/aromatic N) is 1. The molecule has 0 aromatic heterocycles. The smallest absolute Gasteiger partial charge is 0.211 e. The molecule has 0 atom stereocenters. The lowest BCUT2D eigenvalue weighted by molar-refractivity contribution is -0.0886. The molecular formula is C8H5ClF3NO. The van der Waals surface area contributed by atoms with Gasteiger partial charge < -0.3 is 0 Å². The molecule has 0 aliphatic carbocycles. The lowest BCUT2D eigenvalue weighted by Crippen LogP contribution is -2.11. The van der Waals surface area contributed by atoms with Gasteiger partial charge in [0, 0.05) is 5.03 Å². The SMILES string of the molecule is C=C(/C=C(\C(=C)Cl)C(F)(F)F)N=C=O. The maximum Gasteiger partial charge on any atom is 0.417 e. The van der Waals surface area contributed by atoms with Gasteiger partial charge in [0.2, 0.25) is 6.08 Å². The summed E-state index contributed by atoms with van der Waals surface area (Å²) < 4.78 is 36.5. The van der Waals surface area contributed by atoms with Crippen molar-refractivity contribution in [2.75, 3.05) is 0 Å². The summed E-state index contributed by atoms with van der Waals surface area (Å²) in [7, 11) is 0. The maximum absolute atomic E-state index is 12.2. The van der Waals surface area contributed by atoms with Crippen LogP contribution in [0.15, 0.2) is 40.5 Å². The molecule has 0 spiro atoms. The molecule has 6 heteroatoms. The largest absolute Gasteiger partial charge is 0.417 e. The Balaban J connectivity index is 5.13. The Bertz CT molecular complexity index is 337. The van der Waals surface area contributed by atoms with E-state index in [4.69, 9.17) is 11.6 Å². The van der Waals surface area contributed by atoms with Crippen LogP contribution in [-0.4, -0.2) is 12.3 Å². The summed E-state index contributed by atoms with van der Waals surface area (Å²) in [5, 5.41) is -0.695. The van der Waals surface area contributed by atoms with Gasteiger partial charge in [-0.05, 0) is 6.08 Å². The van der Waals surface area contributed by atoms with Crippen molar-refractivity contribution in [2.24, 2.45) is 4.99 Å². The predicted molar refractivity (Wildman–Crippen MR) is 46.4 cm³/mol. The zero-order valence-electron chi connectivity index (χ0n) is 6.86. The summed E-state index contributed by atoms with van der Waals surface area (Å²) >= 11 is 5.11. The van der Waals surface area contributed by atoms with Gasteiger partial charge in [0.1, 0.15) is 0 Å². The Labute approximate surface area is 83.1 Å². The first-order valence-corrected chi connectivity index (χ1v) is 3.57. The molecule has 0 aromatic carbocycles. The molecule has 0 unspecified atom stereocenters. The van der Waals surface area contributed by atoms with Crippen molar-refractivity contribution >= 4 is 17.7 Å². The van der Waals surface area contributed by atoms with Crippen LogP contribution in [0.4, 0.5) is 13.2 Å².